The SMILES string of the molecule is C=[C-]C.[Zn]. The van der Waals surface area contributed by atoms with Gasteiger partial charge in [0.05, 0.1) is 0 Å². The minimum absolute atomic E-state index is 0. The van der Waals surface area contributed by atoms with Crippen molar-refractivity contribution in [2.75, 3.05) is 0 Å². The molecule has 0 bridgehead atoms. The van der Waals surface area contributed by atoms with Crippen molar-refractivity contribution in [3.63, 3.8) is 0 Å². The van der Waals surface area contributed by atoms with Crippen molar-refractivity contribution in [1.29, 1.82) is 0 Å². The molecular weight excluding hydrogens is 101 g/mol. The number of rotatable bonds is 0. The first-order valence-electron chi connectivity index (χ1n) is 0.854. The van der Waals surface area contributed by atoms with Gasteiger partial charge in [-0.1, -0.05) is 0 Å². The molecule has 0 aliphatic rings. The van der Waals surface area contributed by atoms with E-state index in [0.717, 1.165) is 0 Å². The van der Waals surface area contributed by atoms with Crippen molar-refractivity contribution >= 4 is 0 Å². The maximum Gasteiger partial charge on any atom is 0 e. The van der Waals surface area contributed by atoms with Crippen LogP contribution in [0.2, 0.25) is 0 Å². The quantitative estimate of drug-likeness (QED) is 0.319. The second-order valence-corrected chi connectivity index (χ2v) is 0.354. The topological polar surface area (TPSA) is 0 Å². The zero-order valence-corrected chi connectivity index (χ0v) is 5.88. The fourth-order valence-corrected chi connectivity index (χ4v) is 0. The van der Waals surface area contributed by atoms with Gasteiger partial charge in [0.2, 0.25) is 0 Å². The molecule has 0 aromatic heterocycles. The Kier molecular flexibility index (Phi) is 22.3. The molecule has 0 heterocycles. The van der Waals surface area contributed by atoms with Crippen LogP contribution in [0.25, 0.3) is 0 Å². The molecule has 0 rings (SSSR count). The van der Waals surface area contributed by atoms with Crippen LogP contribution >= 0.6 is 0 Å². The summed E-state index contributed by atoms with van der Waals surface area (Å²) in [6, 6.07) is 0. The van der Waals surface area contributed by atoms with Gasteiger partial charge >= 0.3 is 0 Å². The van der Waals surface area contributed by atoms with Crippen LogP contribution in [0.1, 0.15) is 6.92 Å². The summed E-state index contributed by atoms with van der Waals surface area (Å²) >= 11 is 0. The Morgan fingerprint density at radius 1 is 1.75 bits per heavy atom. The molecule has 0 fully saturated rings. The van der Waals surface area contributed by atoms with Gasteiger partial charge in [0.25, 0.3) is 0 Å². The van der Waals surface area contributed by atoms with Crippen LogP contribution in [-0.2, 0) is 19.5 Å². The Hall–Kier alpha value is 0.363. The zero-order chi connectivity index (χ0) is 2.71. The van der Waals surface area contributed by atoms with E-state index >= 15 is 0 Å². The summed E-state index contributed by atoms with van der Waals surface area (Å²) in [6.45, 7) is 5.00. The van der Waals surface area contributed by atoms with Crippen molar-refractivity contribution in [2.24, 2.45) is 0 Å². The van der Waals surface area contributed by atoms with Crippen molar-refractivity contribution in [1.82, 2.24) is 0 Å². The first-order chi connectivity index (χ1) is 1.41. The molecule has 0 aromatic carbocycles. The Balaban J connectivity index is 0. The van der Waals surface area contributed by atoms with E-state index in [4.69, 9.17) is 0 Å². The molecule has 0 unspecified atom stereocenters. The van der Waals surface area contributed by atoms with Crippen LogP contribution in [0.3, 0.4) is 0 Å². The second kappa shape index (κ2) is 10.1. The summed E-state index contributed by atoms with van der Waals surface area (Å²) in [4.78, 5) is 0. The fraction of sp³-hybridized carbons (Fsp3) is 0.333. The Morgan fingerprint density at radius 3 is 1.75 bits per heavy atom. The average molecular weight is 106 g/mol. The predicted octanol–water partition coefficient (Wildman–Crippen LogP) is 0.993. The Labute approximate surface area is 39.7 Å². The molecule has 0 radical (unpaired) electrons. The Bertz CT molecular complexity index is 10.8. The minimum atomic E-state index is 0. The smallest absolute Gasteiger partial charge is 0 e. The second-order valence-electron chi connectivity index (χ2n) is 0.354. The molecule has 1 heteroatoms. The van der Waals surface area contributed by atoms with Crippen LogP contribution in [-0.4, -0.2) is 0 Å². The van der Waals surface area contributed by atoms with Gasteiger partial charge in [-0.25, -0.2) is 0 Å². The van der Waals surface area contributed by atoms with Crippen LogP contribution in [0.4, 0.5) is 0 Å². The number of hydrogen-bond donors (Lipinski definition) is 0. The largest absolute Gasteiger partial charge is 0.507 e. The van der Waals surface area contributed by atoms with Crippen molar-refractivity contribution in [3.8, 4) is 0 Å². The van der Waals surface area contributed by atoms with Gasteiger partial charge in [0, 0.05) is 19.5 Å². The van der Waals surface area contributed by atoms with Crippen LogP contribution in [0, 0.1) is 6.08 Å². The molecular formula is C3H5Zn-. The van der Waals surface area contributed by atoms with E-state index in [1.165, 1.54) is 0 Å². The Morgan fingerprint density at radius 2 is 1.75 bits per heavy atom. The maximum absolute atomic E-state index is 3.24. The van der Waals surface area contributed by atoms with Gasteiger partial charge in [-0.3, -0.25) is 6.58 Å². The van der Waals surface area contributed by atoms with Gasteiger partial charge in [-0.15, -0.1) is 0 Å². The molecule has 0 saturated carbocycles. The third-order valence-electron chi connectivity index (χ3n) is 0. The summed E-state index contributed by atoms with van der Waals surface area (Å²) in [7, 11) is 0. The van der Waals surface area contributed by atoms with E-state index in [1.807, 2.05) is 0 Å². The number of allylic oxidation sites excluding steroid dienone is 1. The van der Waals surface area contributed by atoms with Gasteiger partial charge < -0.3 is 6.08 Å². The molecule has 0 N–H and O–H groups in total. The van der Waals surface area contributed by atoms with Gasteiger partial charge in [-0.05, 0) is 0 Å². The van der Waals surface area contributed by atoms with Crippen LogP contribution < -0.4 is 0 Å². The summed E-state index contributed by atoms with van der Waals surface area (Å²) < 4.78 is 0. The van der Waals surface area contributed by atoms with Crippen molar-refractivity contribution in [2.45, 2.75) is 6.92 Å². The maximum atomic E-state index is 3.24. The fourth-order valence-electron chi connectivity index (χ4n) is 0. The van der Waals surface area contributed by atoms with Crippen molar-refractivity contribution in [3.05, 3.63) is 12.7 Å². The van der Waals surface area contributed by atoms with Gasteiger partial charge in [0.1, 0.15) is 0 Å². The summed E-state index contributed by atoms with van der Waals surface area (Å²) in [6.07, 6.45) is 2.50. The molecule has 0 aliphatic heterocycles. The summed E-state index contributed by atoms with van der Waals surface area (Å²) in [5.41, 5.74) is 0. The van der Waals surface area contributed by atoms with Crippen molar-refractivity contribution < 1.29 is 19.5 Å². The standard InChI is InChI=1S/C3H5.Zn/c1-3-2;/h1H2,2H3;/q-1;. The van der Waals surface area contributed by atoms with E-state index in [-0.39, 0.29) is 19.5 Å². The molecule has 0 amide bonds. The molecule has 20 valence electrons. The van der Waals surface area contributed by atoms with Gasteiger partial charge in [0.15, 0.2) is 0 Å². The molecule has 0 saturated heterocycles. The molecule has 4 heavy (non-hydrogen) atoms. The first kappa shape index (κ1) is 8.84. The summed E-state index contributed by atoms with van der Waals surface area (Å²) in [5, 5.41) is 0. The third-order valence-corrected chi connectivity index (χ3v) is 0. The first-order valence-corrected chi connectivity index (χ1v) is 0.854. The average Bonchev–Trinajstić information content (AvgIpc) is 0.918. The molecule has 0 aliphatic carbocycles. The predicted molar refractivity (Wildman–Crippen MR) is 14.5 cm³/mol. The van der Waals surface area contributed by atoms with E-state index in [2.05, 4.69) is 12.7 Å². The van der Waals surface area contributed by atoms with E-state index in [1.54, 1.807) is 6.92 Å². The van der Waals surface area contributed by atoms with E-state index in [0.29, 0.717) is 0 Å². The molecule has 0 atom stereocenters. The zero-order valence-electron chi connectivity index (χ0n) is 2.91. The normalized spacial score (nSPS) is 3.25. The molecule has 0 aromatic rings. The van der Waals surface area contributed by atoms with Crippen LogP contribution in [0.5, 0.6) is 0 Å². The molecule has 0 spiro atoms. The van der Waals surface area contributed by atoms with E-state index in [9.17, 15) is 0 Å². The van der Waals surface area contributed by atoms with E-state index < -0.39 is 0 Å². The van der Waals surface area contributed by atoms with Crippen LogP contribution in [0.15, 0.2) is 6.58 Å². The number of hydrogen-bond acceptors (Lipinski definition) is 0. The van der Waals surface area contributed by atoms with Gasteiger partial charge in [-0.2, -0.15) is 6.92 Å². The molecule has 0 nitrogen and oxygen atoms in total. The monoisotopic (exact) mass is 105 g/mol. The minimum Gasteiger partial charge on any atom is -0.507 e. The summed E-state index contributed by atoms with van der Waals surface area (Å²) in [5.74, 6) is 0. The third kappa shape index (κ3) is 33.3.